The van der Waals surface area contributed by atoms with Crippen molar-refractivity contribution in [1.82, 2.24) is 10.6 Å². The Balaban J connectivity index is 0.00000200. The summed E-state index contributed by atoms with van der Waals surface area (Å²) in [7, 11) is 0. The first-order valence-corrected chi connectivity index (χ1v) is 6.36. The lowest BCUT2D eigenvalue weighted by molar-refractivity contribution is -0.384. The van der Waals surface area contributed by atoms with Crippen LogP contribution in [0.1, 0.15) is 30.1 Å². The van der Waals surface area contributed by atoms with E-state index in [-0.39, 0.29) is 36.1 Å². The molecule has 1 aromatic carbocycles. The molecule has 1 heterocycles. The molecule has 0 spiro atoms. The highest BCUT2D eigenvalue weighted by atomic mass is 35.5. The van der Waals surface area contributed by atoms with Gasteiger partial charge in [0, 0.05) is 29.8 Å². The van der Waals surface area contributed by atoms with E-state index in [1.54, 1.807) is 6.07 Å². The van der Waals surface area contributed by atoms with Crippen LogP contribution in [0.2, 0.25) is 0 Å². The molecular weight excluding hydrogens is 282 g/mol. The number of halogens is 1. The molecule has 0 aromatic heterocycles. The Kier molecular flexibility index (Phi) is 5.91. The fraction of sp³-hybridized carbons (Fsp3) is 0.462. The molecule has 1 fully saturated rings. The maximum atomic E-state index is 12.1. The second-order valence-electron chi connectivity index (χ2n) is 4.77. The minimum atomic E-state index is -0.498. The van der Waals surface area contributed by atoms with Crippen molar-refractivity contribution in [3.05, 3.63) is 39.9 Å². The van der Waals surface area contributed by atoms with E-state index < -0.39 is 4.92 Å². The zero-order valence-corrected chi connectivity index (χ0v) is 12.0. The van der Waals surface area contributed by atoms with Crippen molar-refractivity contribution in [2.45, 2.75) is 31.8 Å². The number of non-ortho nitro benzene ring substituents is 1. The summed E-state index contributed by atoms with van der Waals surface area (Å²) in [5.41, 5.74) is 0.259. The molecular formula is C13H18ClN3O3. The van der Waals surface area contributed by atoms with Crippen molar-refractivity contribution in [2.24, 2.45) is 0 Å². The standard InChI is InChI=1S/C13H17N3O3.ClH/c1-9-12(6-3-7-14-9)15-13(17)10-4-2-5-11(8-10)16(18)19;/h2,4-5,8-9,12,14H,3,6-7H2,1H3,(H,15,17);1H. The third-order valence-electron chi connectivity index (χ3n) is 3.40. The van der Waals surface area contributed by atoms with Crippen LogP contribution in [0.25, 0.3) is 0 Å². The van der Waals surface area contributed by atoms with Gasteiger partial charge in [-0.25, -0.2) is 0 Å². The third-order valence-corrected chi connectivity index (χ3v) is 3.40. The lowest BCUT2D eigenvalue weighted by Gasteiger charge is -2.30. The Morgan fingerprint density at radius 3 is 2.90 bits per heavy atom. The van der Waals surface area contributed by atoms with Gasteiger partial charge in [-0.3, -0.25) is 14.9 Å². The first-order valence-electron chi connectivity index (χ1n) is 6.36. The van der Waals surface area contributed by atoms with Crippen molar-refractivity contribution in [2.75, 3.05) is 6.54 Å². The number of hydrogen-bond donors (Lipinski definition) is 2. The fourth-order valence-corrected chi connectivity index (χ4v) is 2.25. The molecule has 1 aliphatic heterocycles. The van der Waals surface area contributed by atoms with Crippen molar-refractivity contribution in [3.8, 4) is 0 Å². The molecule has 2 rings (SSSR count). The highest BCUT2D eigenvalue weighted by Crippen LogP contribution is 2.14. The van der Waals surface area contributed by atoms with Crippen LogP contribution in [0.5, 0.6) is 0 Å². The molecule has 6 nitrogen and oxygen atoms in total. The summed E-state index contributed by atoms with van der Waals surface area (Å²) in [4.78, 5) is 22.3. The van der Waals surface area contributed by atoms with Crippen molar-refractivity contribution in [1.29, 1.82) is 0 Å². The number of nitro benzene ring substituents is 1. The van der Waals surface area contributed by atoms with Gasteiger partial charge in [0.25, 0.3) is 11.6 Å². The Bertz CT molecular complexity index is 496. The quantitative estimate of drug-likeness (QED) is 0.659. The predicted molar refractivity (Wildman–Crippen MR) is 78.3 cm³/mol. The summed E-state index contributed by atoms with van der Waals surface area (Å²) in [5.74, 6) is -0.260. The van der Waals surface area contributed by atoms with Gasteiger partial charge in [-0.2, -0.15) is 0 Å². The van der Waals surface area contributed by atoms with E-state index in [0.717, 1.165) is 19.4 Å². The molecule has 1 saturated heterocycles. The SMILES string of the molecule is CC1NCCCC1NC(=O)c1cccc([N+](=O)[O-])c1.Cl. The molecule has 0 saturated carbocycles. The maximum absolute atomic E-state index is 12.1. The molecule has 2 unspecified atom stereocenters. The van der Waals surface area contributed by atoms with Gasteiger partial charge in [0.05, 0.1) is 4.92 Å². The van der Waals surface area contributed by atoms with E-state index >= 15 is 0 Å². The molecule has 7 heteroatoms. The molecule has 2 N–H and O–H groups in total. The summed E-state index contributed by atoms with van der Waals surface area (Å²) >= 11 is 0. The number of carbonyl (C=O) groups excluding carboxylic acids is 1. The number of rotatable bonds is 3. The Morgan fingerprint density at radius 2 is 2.25 bits per heavy atom. The largest absolute Gasteiger partial charge is 0.348 e. The Morgan fingerprint density at radius 1 is 1.50 bits per heavy atom. The van der Waals surface area contributed by atoms with Crippen molar-refractivity contribution in [3.63, 3.8) is 0 Å². The van der Waals surface area contributed by atoms with Gasteiger partial charge in [0.15, 0.2) is 0 Å². The van der Waals surface area contributed by atoms with Crippen LogP contribution in [0.4, 0.5) is 5.69 Å². The van der Waals surface area contributed by atoms with Crippen molar-refractivity contribution < 1.29 is 9.72 Å². The summed E-state index contributed by atoms with van der Waals surface area (Å²) in [6.07, 6.45) is 1.94. The smallest absolute Gasteiger partial charge is 0.270 e. The molecule has 1 aliphatic rings. The number of nitro groups is 1. The van der Waals surface area contributed by atoms with E-state index in [1.165, 1.54) is 18.2 Å². The van der Waals surface area contributed by atoms with Crippen LogP contribution in [0, 0.1) is 10.1 Å². The summed E-state index contributed by atoms with van der Waals surface area (Å²) in [5, 5.41) is 16.9. The zero-order chi connectivity index (χ0) is 13.8. The zero-order valence-electron chi connectivity index (χ0n) is 11.2. The lowest BCUT2D eigenvalue weighted by Crippen LogP contribution is -2.51. The van der Waals surface area contributed by atoms with E-state index in [0.29, 0.717) is 5.56 Å². The molecule has 0 bridgehead atoms. The van der Waals surface area contributed by atoms with Crippen molar-refractivity contribution >= 4 is 24.0 Å². The average molecular weight is 300 g/mol. The Hall–Kier alpha value is -1.66. The average Bonchev–Trinajstić information content (AvgIpc) is 2.41. The summed E-state index contributed by atoms with van der Waals surface area (Å²) in [6.45, 7) is 2.99. The minimum Gasteiger partial charge on any atom is -0.348 e. The summed E-state index contributed by atoms with van der Waals surface area (Å²) < 4.78 is 0. The highest BCUT2D eigenvalue weighted by molar-refractivity contribution is 5.95. The first-order chi connectivity index (χ1) is 9.08. The molecule has 0 radical (unpaired) electrons. The Labute approximate surface area is 123 Å². The molecule has 20 heavy (non-hydrogen) atoms. The predicted octanol–water partition coefficient (Wildman–Crippen LogP) is 1.89. The second kappa shape index (κ2) is 7.21. The van der Waals surface area contributed by atoms with Crippen LogP contribution in [0.3, 0.4) is 0 Å². The molecule has 0 aliphatic carbocycles. The van der Waals surface area contributed by atoms with E-state index in [1.807, 2.05) is 6.92 Å². The van der Waals surface area contributed by atoms with E-state index in [4.69, 9.17) is 0 Å². The van der Waals surface area contributed by atoms with Gasteiger partial charge in [-0.15, -0.1) is 12.4 Å². The maximum Gasteiger partial charge on any atom is 0.270 e. The normalized spacial score (nSPS) is 21.6. The number of benzene rings is 1. The molecule has 1 aromatic rings. The van der Waals surface area contributed by atoms with Gasteiger partial charge < -0.3 is 10.6 Å². The molecule has 2 atom stereocenters. The van der Waals surface area contributed by atoms with Crippen LogP contribution in [-0.2, 0) is 0 Å². The number of carbonyl (C=O) groups is 1. The molecule has 110 valence electrons. The minimum absolute atomic E-state index is 0. The lowest BCUT2D eigenvalue weighted by atomic mass is 9.99. The number of hydrogen-bond acceptors (Lipinski definition) is 4. The van der Waals surface area contributed by atoms with Gasteiger partial charge in [0.1, 0.15) is 0 Å². The van der Waals surface area contributed by atoms with Gasteiger partial charge in [0.2, 0.25) is 0 Å². The number of nitrogens with zero attached hydrogens (tertiary/aromatic N) is 1. The molecule has 1 amide bonds. The third kappa shape index (κ3) is 3.91. The van der Waals surface area contributed by atoms with Crippen LogP contribution in [-0.4, -0.2) is 29.5 Å². The monoisotopic (exact) mass is 299 g/mol. The van der Waals surface area contributed by atoms with Crippen LogP contribution < -0.4 is 10.6 Å². The fourth-order valence-electron chi connectivity index (χ4n) is 2.25. The van der Waals surface area contributed by atoms with Gasteiger partial charge >= 0.3 is 0 Å². The van der Waals surface area contributed by atoms with E-state index in [2.05, 4.69) is 10.6 Å². The number of nitrogens with one attached hydrogen (secondary N) is 2. The number of amides is 1. The topological polar surface area (TPSA) is 84.3 Å². The second-order valence-corrected chi connectivity index (χ2v) is 4.77. The van der Waals surface area contributed by atoms with Crippen LogP contribution in [0.15, 0.2) is 24.3 Å². The number of piperidine rings is 1. The summed E-state index contributed by atoms with van der Waals surface area (Å²) in [6, 6.07) is 6.08. The highest BCUT2D eigenvalue weighted by Gasteiger charge is 2.23. The first kappa shape index (κ1) is 16.4. The van der Waals surface area contributed by atoms with E-state index in [9.17, 15) is 14.9 Å². The van der Waals surface area contributed by atoms with Crippen LogP contribution >= 0.6 is 12.4 Å². The van der Waals surface area contributed by atoms with Gasteiger partial charge in [-0.1, -0.05) is 6.07 Å². The van der Waals surface area contributed by atoms with Gasteiger partial charge in [-0.05, 0) is 32.4 Å².